The fraction of sp³-hybridized carbons (Fsp3) is 0.650. The van der Waals surface area contributed by atoms with E-state index in [1.54, 1.807) is 19.2 Å². The van der Waals surface area contributed by atoms with Gasteiger partial charge in [0.15, 0.2) is 0 Å². The molecule has 9 heteroatoms. The fourth-order valence-corrected chi connectivity index (χ4v) is 4.49. The van der Waals surface area contributed by atoms with Gasteiger partial charge in [-0.1, -0.05) is 6.07 Å². The minimum atomic E-state index is -3.54. The van der Waals surface area contributed by atoms with Crippen LogP contribution >= 0.6 is 0 Å². The number of anilines is 1. The lowest BCUT2D eigenvalue weighted by Crippen LogP contribution is -3.00. The number of quaternary nitrogens is 1. The standard InChI is InChI=1S/C20H36N4O3S.ClH/c1-6-24(7-2,13-8-9-18(4)22-16-25)14-12-23-28(26,27)19-11-10-17(3)20(15-19)21-5;/h10-11,15-16,18,21,23H,6-9,12-14H2,1-5H3;1H. The largest absolute Gasteiger partial charge is 1.00 e. The molecule has 0 saturated heterocycles. The summed E-state index contributed by atoms with van der Waals surface area (Å²) in [6, 6.07) is 5.28. The number of nitrogens with one attached hydrogen (secondary N) is 3. The maximum atomic E-state index is 12.7. The Labute approximate surface area is 182 Å². The molecule has 168 valence electrons. The molecule has 0 aromatic heterocycles. The van der Waals surface area contributed by atoms with Crippen LogP contribution in [-0.2, 0) is 14.8 Å². The van der Waals surface area contributed by atoms with E-state index in [-0.39, 0.29) is 23.3 Å². The molecule has 7 nitrogen and oxygen atoms in total. The number of hydrogen-bond donors (Lipinski definition) is 3. The van der Waals surface area contributed by atoms with Gasteiger partial charge in [-0.15, -0.1) is 0 Å². The third-order valence-electron chi connectivity index (χ3n) is 5.63. The monoisotopic (exact) mass is 448 g/mol. The smallest absolute Gasteiger partial charge is 0.240 e. The molecule has 3 N–H and O–H groups in total. The zero-order chi connectivity index (χ0) is 21.2. The lowest BCUT2D eigenvalue weighted by Gasteiger charge is -2.37. The highest BCUT2D eigenvalue weighted by Gasteiger charge is 2.24. The first-order chi connectivity index (χ1) is 13.2. The van der Waals surface area contributed by atoms with Crippen molar-refractivity contribution in [1.29, 1.82) is 0 Å². The van der Waals surface area contributed by atoms with Crippen LogP contribution in [0.3, 0.4) is 0 Å². The van der Waals surface area contributed by atoms with Crippen LogP contribution in [-0.4, -0.2) is 65.1 Å². The van der Waals surface area contributed by atoms with Crippen molar-refractivity contribution in [1.82, 2.24) is 10.0 Å². The van der Waals surface area contributed by atoms with E-state index >= 15 is 0 Å². The van der Waals surface area contributed by atoms with Gasteiger partial charge in [0.2, 0.25) is 16.4 Å². The van der Waals surface area contributed by atoms with Gasteiger partial charge in [0.25, 0.3) is 0 Å². The van der Waals surface area contributed by atoms with E-state index in [1.807, 2.05) is 19.9 Å². The Balaban J connectivity index is 0.00000784. The number of hydrogen-bond acceptors (Lipinski definition) is 4. The minimum absolute atomic E-state index is 0. The second kappa shape index (κ2) is 13.1. The molecule has 0 bridgehead atoms. The molecule has 0 radical (unpaired) electrons. The summed E-state index contributed by atoms with van der Waals surface area (Å²) in [5.74, 6) is 0. The van der Waals surface area contributed by atoms with Crippen molar-refractivity contribution in [2.24, 2.45) is 0 Å². The number of carbonyl (C=O) groups is 1. The molecule has 29 heavy (non-hydrogen) atoms. The third-order valence-corrected chi connectivity index (χ3v) is 7.09. The van der Waals surface area contributed by atoms with E-state index in [4.69, 9.17) is 0 Å². The molecule has 1 amide bonds. The second-order valence-corrected chi connectivity index (χ2v) is 9.14. The molecule has 0 aliphatic heterocycles. The quantitative estimate of drug-likeness (QED) is 0.254. The van der Waals surface area contributed by atoms with E-state index in [0.717, 1.165) is 61.2 Å². The number of halogens is 1. The van der Waals surface area contributed by atoms with E-state index in [0.29, 0.717) is 6.54 Å². The first-order valence-electron chi connectivity index (χ1n) is 10.1. The van der Waals surface area contributed by atoms with Gasteiger partial charge < -0.3 is 27.5 Å². The highest BCUT2D eigenvalue weighted by atomic mass is 35.5. The highest BCUT2D eigenvalue weighted by molar-refractivity contribution is 7.89. The Bertz CT molecular complexity index is 724. The maximum Gasteiger partial charge on any atom is 0.240 e. The summed E-state index contributed by atoms with van der Waals surface area (Å²) in [6.07, 6.45) is 2.65. The molecule has 0 fully saturated rings. The van der Waals surface area contributed by atoms with Crippen molar-refractivity contribution in [3.05, 3.63) is 23.8 Å². The van der Waals surface area contributed by atoms with Crippen LogP contribution < -0.4 is 27.8 Å². The molecule has 1 rings (SSSR count). The third kappa shape index (κ3) is 8.50. The van der Waals surface area contributed by atoms with Gasteiger partial charge in [-0.3, -0.25) is 4.79 Å². The molecule has 0 spiro atoms. The molecule has 0 saturated carbocycles. The molecular formula is C20H37ClN4O3S. The second-order valence-electron chi connectivity index (χ2n) is 7.37. The number of likely N-dealkylation sites (N-methyl/N-ethyl adjacent to an activating group) is 1. The van der Waals surface area contributed by atoms with Gasteiger partial charge in [0.05, 0.1) is 37.6 Å². The van der Waals surface area contributed by atoms with Gasteiger partial charge in [0.1, 0.15) is 0 Å². The van der Waals surface area contributed by atoms with Gasteiger partial charge in [0, 0.05) is 18.8 Å². The van der Waals surface area contributed by atoms with Crippen molar-refractivity contribution >= 4 is 22.1 Å². The average Bonchev–Trinajstić information content (AvgIpc) is 2.67. The molecule has 0 aliphatic rings. The number of carbonyl (C=O) groups excluding carboxylic acids is 1. The minimum Gasteiger partial charge on any atom is -1.00 e. The van der Waals surface area contributed by atoms with E-state index in [9.17, 15) is 13.2 Å². The molecule has 1 aromatic rings. The summed E-state index contributed by atoms with van der Waals surface area (Å²) in [7, 11) is -1.75. The molecule has 1 aromatic carbocycles. The summed E-state index contributed by atoms with van der Waals surface area (Å²) < 4.78 is 28.9. The van der Waals surface area contributed by atoms with Crippen molar-refractivity contribution in [3.63, 3.8) is 0 Å². The van der Waals surface area contributed by atoms with E-state index in [2.05, 4.69) is 29.2 Å². The van der Waals surface area contributed by atoms with Crippen molar-refractivity contribution < 1.29 is 30.1 Å². The Morgan fingerprint density at radius 3 is 2.38 bits per heavy atom. The Morgan fingerprint density at radius 1 is 1.17 bits per heavy atom. The van der Waals surface area contributed by atoms with Gasteiger partial charge >= 0.3 is 0 Å². The Morgan fingerprint density at radius 2 is 1.83 bits per heavy atom. The summed E-state index contributed by atoms with van der Waals surface area (Å²) in [6.45, 7) is 12.2. The van der Waals surface area contributed by atoms with Crippen molar-refractivity contribution in [2.45, 2.75) is 51.5 Å². The average molecular weight is 449 g/mol. The van der Waals surface area contributed by atoms with Crippen LogP contribution in [0.2, 0.25) is 0 Å². The molecule has 0 aliphatic carbocycles. The topological polar surface area (TPSA) is 87.3 Å². The lowest BCUT2D eigenvalue weighted by molar-refractivity contribution is -0.924. The van der Waals surface area contributed by atoms with Crippen LogP contribution in [0.1, 0.15) is 39.2 Å². The van der Waals surface area contributed by atoms with Crippen LogP contribution in [0.5, 0.6) is 0 Å². The first-order valence-corrected chi connectivity index (χ1v) is 11.5. The molecule has 1 unspecified atom stereocenters. The fourth-order valence-electron chi connectivity index (χ4n) is 3.44. The van der Waals surface area contributed by atoms with Crippen LogP contribution in [0.4, 0.5) is 5.69 Å². The molecule has 0 heterocycles. The first kappa shape index (κ1) is 27.6. The number of amides is 1. The van der Waals surface area contributed by atoms with Crippen LogP contribution in [0, 0.1) is 6.92 Å². The Kier molecular flexibility index (Phi) is 12.4. The number of aryl methyl sites for hydroxylation is 1. The van der Waals surface area contributed by atoms with Gasteiger partial charge in [-0.2, -0.15) is 0 Å². The summed E-state index contributed by atoms with van der Waals surface area (Å²) in [5, 5.41) is 5.80. The van der Waals surface area contributed by atoms with Gasteiger partial charge in [-0.25, -0.2) is 13.1 Å². The van der Waals surface area contributed by atoms with Crippen LogP contribution in [0.15, 0.2) is 23.1 Å². The van der Waals surface area contributed by atoms with E-state index < -0.39 is 10.0 Å². The van der Waals surface area contributed by atoms with Gasteiger partial charge in [-0.05, 0) is 58.2 Å². The van der Waals surface area contributed by atoms with E-state index in [1.165, 1.54) is 0 Å². The SMILES string of the molecule is CC[N+](CC)(CCCC(C)NC=O)CCNS(=O)(=O)c1ccc(C)c(NC)c1.[Cl-]. The predicted octanol–water partition coefficient (Wildman–Crippen LogP) is -0.910. The number of nitrogens with zero attached hydrogens (tertiary/aromatic N) is 1. The highest BCUT2D eigenvalue weighted by Crippen LogP contribution is 2.19. The lowest BCUT2D eigenvalue weighted by atomic mass is 10.1. The molecular weight excluding hydrogens is 412 g/mol. The summed E-state index contributed by atoms with van der Waals surface area (Å²) >= 11 is 0. The van der Waals surface area contributed by atoms with Crippen molar-refractivity contribution in [2.75, 3.05) is 45.1 Å². The summed E-state index contributed by atoms with van der Waals surface area (Å²) in [5.41, 5.74) is 1.82. The summed E-state index contributed by atoms with van der Waals surface area (Å²) in [4.78, 5) is 10.8. The number of rotatable bonds is 14. The molecule has 1 atom stereocenters. The zero-order valence-corrected chi connectivity index (χ0v) is 19.9. The maximum absolute atomic E-state index is 12.7. The van der Waals surface area contributed by atoms with Crippen LogP contribution in [0.25, 0.3) is 0 Å². The number of benzene rings is 1. The zero-order valence-electron chi connectivity index (χ0n) is 18.3. The Hall–Kier alpha value is -1.35. The van der Waals surface area contributed by atoms with Crippen molar-refractivity contribution in [3.8, 4) is 0 Å². The predicted molar refractivity (Wildman–Crippen MR) is 115 cm³/mol. The normalized spacial score (nSPS) is 12.7. The number of sulfonamides is 1.